The lowest BCUT2D eigenvalue weighted by atomic mass is 9.92. The first-order valence-corrected chi connectivity index (χ1v) is 12.1. The number of carbonyl (C=O) groups excluding carboxylic acids is 4. The van der Waals surface area contributed by atoms with Crippen LogP contribution >= 0.6 is 25.3 Å². The minimum Gasteiger partial charge on any atom is -0.421 e. The third-order valence-electron chi connectivity index (χ3n) is 5.80. The number of thiol groups is 2. The quantitative estimate of drug-likeness (QED) is 0.0791. The van der Waals surface area contributed by atoms with E-state index < -0.39 is 17.5 Å². The monoisotopic (exact) mass is 521 g/mol. The Morgan fingerprint density at radius 3 is 2.77 bits per heavy atom. The molecule has 0 radical (unpaired) electrons. The number of nitrogen functional groups attached to an aromatic ring is 1. The maximum Gasteiger partial charge on any atom is 0.339 e. The van der Waals surface area contributed by atoms with Crippen LogP contribution in [0.15, 0.2) is 26.2 Å². The van der Waals surface area contributed by atoms with Gasteiger partial charge in [-0.2, -0.15) is 18.1 Å². The van der Waals surface area contributed by atoms with Crippen LogP contribution in [0.4, 0.5) is 5.69 Å². The molecule has 188 valence electrons. The van der Waals surface area contributed by atoms with Crippen LogP contribution in [0.2, 0.25) is 0 Å². The fourth-order valence-corrected chi connectivity index (χ4v) is 4.79. The van der Waals surface area contributed by atoms with Gasteiger partial charge in [0, 0.05) is 54.1 Å². The lowest BCUT2D eigenvalue weighted by Gasteiger charge is -2.20. The Labute approximate surface area is 212 Å². The summed E-state index contributed by atoms with van der Waals surface area (Å²) in [5.74, 6) is -1.57. The summed E-state index contributed by atoms with van der Waals surface area (Å²) in [4.78, 5) is 63.1. The highest BCUT2D eigenvalue weighted by molar-refractivity contribution is 7.81. The van der Waals surface area contributed by atoms with Gasteiger partial charge >= 0.3 is 11.6 Å². The van der Waals surface area contributed by atoms with Gasteiger partial charge < -0.3 is 25.1 Å². The van der Waals surface area contributed by atoms with Crippen molar-refractivity contribution in [1.82, 2.24) is 10.8 Å². The van der Waals surface area contributed by atoms with E-state index in [2.05, 4.69) is 35.4 Å². The molecule has 10 nitrogen and oxygen atoms in total. The molecule has 0 saturated carbocycles. The lowest BCUT2D eigenvalue weighted by molar-refractivity contribution is -0.158. The minimum atomic E-state index is -0.650. The average molecular weight is 522 g/mol. The zero-order valence-electron chi connectivity index (χ0n) is 18.9. The number of nitrogens with one attached hydrogen (secondary N) is 2. The average Bonchev–Trinajstić information content (AvgIpc) is 3.28. The Bertz CT molecular complexity index is 1200. The van der Waals surface area contributed by atoms with Gasteiger partial charge in [-0.05, 0) is 42.9 Å². The second kappa shape index (κ2) is 12.1. The Morgan fingerprint density at radius 2 is 2.03 bits per heavy atom. The Hall–Kier alpha value is -2.99. The summed E-state index contributed by atoms with van der Waals surface area (Å²) in [6.45, 7) is 0.240. The van der Waals surface area contributed by atoms with E-state index in [0.29, 0.717) is 47.3 Å². The molecule has 1 aliphatic rings. The molecule has 0 fully saturated rings. The summed E-state index contributed by atoms with van der Waals surface area (Å²) < 4.78 is 5.47. The Kier molecular flexibility index (Phi) is 9.21. The van der Waals surface area contributed by atoms with Gasteiger partial charge in [-0.25, -0.2) is 9.59 Å². The summed E-state index contributed by atoms with van der Waals surface area (Å²) >= 11 is 9.05. The van der Waals surface area contributed by atoms with Gasteiger partial charge in [-0.3, -0.25) is 9.59 Å². The molecule has 0 bridgehead atoms. The fourth-order valence-electron chi connectivity index (χ4n) is 4.09. The molecule has 0 aliphatic heterocycles. The van der Waals surface area contributed by atoms with Crippen molar-refractivity contribution in [2.45, 2.75) is 61.0 Å². The van der Waals surface area contributed by atoms with Crippen LogP contribution in [-0.2, 0) is 30.4 Å². The number of rotatable bonds is 10. The van der Waals surface area contributed by atoms with Gasteiger partial charge in [0.25, 0.3) is 5.91 Å². The van der Waals surface area contributed by atoms with Crippen LogP contribution in [0, 0.1) is 0 Å². The number of hydrogen-bond donors (Lipinski definition) is 5. The van der Waals surface area contributed by atoms with Crippen molar-refractivity contribution in [3.8, 4) is 0 Å². The Balaban J connectivity index is 1.51. The highest BCUT2D eigenvalue weighted by Crippen LogP contribution is 2.42. The van der Waals surface area contributed by atoms with E-state index in [0.717, 1.165) is 10.9 Å². The molecule has 2 unspecified atom stereocenters. The van der Waals surface area contributed by atoms with E-state index >= 15 is 0 Å². The number of nitrogens with two attached hydrogens (primary N) is 1. The summed E-state index contributed by atoms with van der Waals surface area (Å²) in [5.41, 5.74) is 9.61. The molecule has 2 amide bonds. The van der Waals surface area contributed by atoms with Crippen molar-refractivity contribution in [1.29, 1.82) is 0 Å². The van der Waals surface area contributed by atoms with Crippen molar-refractivity contribution in [2.24, 2.45) is 0 Å². The summed E-state index contributed by atoms with van der Waals surface area (Å²) in [5, 5.41) is 3.15. The third kappa shape index (κ3) is 6.57. The lowest BCUT2D eigenvalue weighted by Crippen LogP contribution is -2.30. The fraction of sp³-hybridized carbons (Fsp3) is 0.435. The first-order valence-electron chi connectivity index (χ1n) is 11.2. The SMILES string of the molecule is Nc1ccc2c3c(c(=O)oc2c1S)CCC3C(S)CC(=O)NCCCC(=O)ONC(=O)CCC=O. The molecule has 1 aliphatic carbocycles. The highest BCUT2D eigenvalue weighted by atomic mass is 32.1. The highest BCUT2D eigenvalue weighted by Gasteiger charge is 2.34. The molecule has 12 heteroatoms. The van der Waals surface area contributed by atoms with Crippen molar-refractivity contribution in [3.05, 3.63) is 33.7 Å². The van der Waals surface area contributed by atoms with E-state index in [-0.39, 0.29) is 49.3 Å². The van der Waals surface area contributed by atoms with Crippen molar-refractivity contribution in [2.75, 3.05) is 12.3 Å². The number of carbonyl (C=O) groups is 4. The molecule has 35 heavy (non-hydrogen) atoms. The number of hydrogen-bond acceptors (Lipinski definition) is 10. The van der Waals surface area contributed by atoms with E-state index in [4.69, 9.17) is 10.2 Å². The normalized spacial score (nSPS) is 15.3. The van der Waals surface area contributed by atoms with Gasteiger partial charge in [-0.15, -0.1) is 12.6 Å². The van der Waals surface area contributed by atoms with Crippen LogP contribution < -0.4 is 22.2 Å². The minimum absolute atomic E-state index is 0.00843. The predicted octanol–water partition coefficient (Wildman–Crippen LogP) is 1.83. The summed E-state index contributed by atoms with van der Waals surface area (Å²) in [6, 6.07) is 3.51. The summed E-state index contributed by atoms with van der Waals surface area (Å²) in [7, 11) is 0. The van der Waals surface area contributed by atoms with E-state index in [1.807, 2.05) is 5.48 Å². The zero-order valence-corrected chi connectivity index (χ0v) is 20.7. The third-order valence-corrected chi connectivity index (χ3v) is 6.81. The van der Waals surface area contributed by atoms with Crippen LogP contribution in [0.5, 0.6) is 0 Å². The number of anilines is 1. The van der Waals surface area contributed by atoms with E-state index in [1.165, 1.54) is 0 Å². The number of aldehydes is 1. The van der Waals surface area contributed by atoms with Crippen molar-refractivity contribution >= 4 is 66.0 Å². The predicted molar refractivity (Wildman–Crippen MR) is 134 cm³/mol. The van der Waals surface area contributed by atoms with E-state index in [1.54, 1.807) is 12.1 Å². The van der Waals surface area contributed by atoms with Gasteiger partial charge in [0.05, 0.1) is 4.90 Å². The van der Waals surface area contributed by atoms with Crippen LogP contribution in [0.25, 0.3) is 11.0 Å². The number of fused-ring (bicyclic) bond motifs is 3. The molecule has 1 aromatic carbocycles. The van der Waals surface area contributed by atoms with Crippen molar-refractivity contribution < 1.29 is 28.4 Å². The molecule has 1 aromatic heterocycles. The van der Waals surface area contributed by atoms with Gasteiger partial charge in [0.1, 0.15) is 6.29 Å². The largest absolute Gasteiger partial charge is 0.421 e. The molecule has 2 aromatic rings. The molecule has 0 saturated heterocycles. The number of benzene rings is 1. The topological polar surface area (TPSA) is 158 Å². The first kappa shape index (κ1) is 26.6. The number of amides is 2. The van der Waals surface area contributed by atoms with E-state index in [9.17, 15) is 24.0 Å². The molecule has 2 atom stereocenters. The van der Waals surface area contributed by atoms with Crippen LogP contribution in [0.3, 0.4) is 0 Å². The first-order chi connectivity index (χ1) is 16.7. The molecule has 0 spiro atoms. The zero-order chi connectivity index (χ0) is 25.5. The molecular weight excluding hydrogens is 494 g/mol. The molecule has 3 rings (SSSR count). The van der Waals surface area contributed by atoms with Gasteiger partial charge in [0.2, 0.25) is 5.91 Å². The van der Waals surface area contributed by atoms with Crippen LogP contribution in [-0.4, -0.2) is 35.9 Å². The molecular formula is C23H27N3O7S2. The smallest absolute Gasteiger partial charge is 0.339 e. The van der Waals surface area contributed by atoms with Gasteiger partial charge in [-0.1, -0.05) is 0 Å². The van der Waals surface area contributed by atoms with Gasteiger partial charge in [0.15, 0.2) is 5.58 Å². The second-order valence-corrected chi connectivity index (χ2v) is 9.35. The Morgan fingerprint density at radius 1 is 1.26 bits per heavy atom. The maximum absolute atomic E-state index is 12.5. The van der Waals surface area contributed by atoms with Crippen molar-refractivity contribution in [3.63, 3.8) is 0 Å². The summed E-state index contributed by atoms with van der Waals surface area (Å²) in [6.07, 6.45) is 2.21. The van der Waals surface area contributed by atoms with Crippen LogP contribution in [0.1, 0.15) is 55.6 Å². The maximum atomic E-state index is 12.5. The number of hydroxylamine groups is 1. The molecule has 4 N–H and O–H groups in total. The second-order valence-electron chi connectivity index (χ2n) is 8.24. The molecule has 1 heterocycles. The standard InChI is InChI=1S/C23H27N3O7S2/c24-15-8-7-13-20-12(5-6-14(20)23(31)32-21(13)22(15)35)16(34)11-18(29)25-9-1-4-19(30)33-26-17(28)3-2-10-27/h7-8,10,12,16,34-35H,1-6,9,11,24H2,(H,25,29)(H,26,28).